The van der Waals surface area contributed by atoms with E-state index in [1.807, 2.05) is 6.26 Å². The molecule has 31 heavy (non-hydrogen) atoms. The summed E-state index contributed by atoms with van der Waals surface area (Å²) in [6, 6.07) is 8.79. The lowest BCUT2D eigenvalue weighted by Crippen LogP contribution is -2.52. The van der Waals surface area contributed by atoms with Crippen molar-refractivity contribution in [1.82, 2.24) is 0 Å². The summed E-state index contributed by atoms with van der Waals surface area (Å²) < 4.78 is 6.40. The average Bonchev–Trinajstić information content (AvgIpc) is 3.04. The van der Waals surface area contributed by atoms with Crippen LogP contribution in [0.2, 0.25) is 0 Å². The van der Waals surface area contributed by atoms with E-state index in [9.17, 15) is 9.90 Å². The fourth-order valence-corrected chi connectivity index (χ4v) is 6.68. The summed E-state index contributed by atoms with van der Waals surface area (Å²) in [4.78, 5) is 14.2. The first-order valence-electron chi connectivity index (χ1n) is 11.5. The standard InChI is InChI=1S/C27H33NO3/c1-5-27(30)13-12-23-25-24(21-11-10-20(29)14-18(21)16-31-25)22(15-26(23,27)2)17-6-8-19(9-7-17)28(3)4/h5-9,16,22-23,25,30H,1,10-15H2,2-4H3/t22?,23-,25-,26-,27-/m0/s1. The number of Topliss-reactive ketones (excluding diaryl/α,β-unsaturated/α-hetero) is 1. The number of hydrogen-bond acceptors (Lipinski definition) is 4. The van der Waals surface area contributed by atoms with E-state index in [4.69, 9.17) is 4.74 Å². The highest BCUT2D eigenvalue weighted by molar-refractivity contribution is 5.84. The molecule has 0 bridgehead atoms. The molecule has 164 valence electrons. The van der Waals surface area contributed by atoms with Crippen molar-refractivity contribution >= 4 is 11.5 Å². The SMILES string of the molecule is C=C[C@]1(O)CC[C@H]2[C@@H]3OC=C4CC(=O)CCC4=C3C(c3ccc(N(C)C)cc3)C[C@@]21C. The molecule has 5 atom stereocenters. The molecule has 0 saturated heterocycles. The number of anilines is 1. The minimum atomic E-state index is -0.883. The number of hydrogen-bond donors (Lipinski definition) is 1. The Balaban J connectivity index is 1.65. The van der Waals surface area contributed by atoms with Crippen molar-refractivity contribution in [3.8, 4) is 0 Å². The van der Waals surface area contributed by atoms with Crippen LogP contribution in [0.5, 0.6) is 0 Å². The van der Waals surface area contributed by atoms with Gasteiger partial charge in [-0.2, -0.15) is 0 Å². The molecule has 0 aromatic heterocycles. The van der Waals surface area contributed by atoms with E-state index in [0.29, 0.717) is 18.6 Å². The molecule has 4 heteroatoms. The summed E-state index contributed by atoms with van der Waals surface area (Å²) in [7, 11) is 4.10. The largest absolute Gasteiger partial charge is 0.493 e. The Labute approximate surface area is 185 Å². The van der Waals surface area contributed by atoms with E-state index in [0.717, 1.165) is 31.3 Å². The maximum atomic E-state index is 12.1. The number of fused-ring (bicyclic) bond motifs is 4. The Hall–Kier alpha value is -2.33. The fraction of sp³-hybridized carbons (Fsp3) is 0.519. The molecule has 3 aliphatic carbocycles. The molecule has 4 nitrogen and oxygen atoms in total. The molecule has 1 unspecified atom stereocenters. The first kappa shape index (κ1) is 20.6. The van der Waals surface area contributed by atoms with Gasteiger partial charge in [-0.05, 0) is 60.1 Å². The monoisotopic (exact) mass is 419 g/mol. The van der Waals surface area contributed by atoms with Crippen molar-refractivity contribution in [1.29, 1.82) is 0 Å². The third-order valence-electron chi connectivity index (χ3n) is 8.60. The zero-order valence-corrected chi connectivity index (χ0v) is 18.9. The highest BCUT2D eigenvalue weighted by Crippen LogP contribution is 2.64. The van der Waals surface area contributed by atoms with E-state index in [1.54, 1.807) is 6.08 Å². The van der Waals surface area contributed by atoms with Gasteiger partial charge in [0.1, 0.15) is 11.9 Å². The maximum Gasteiger partial charge on any atom is 0.137 e. The van der Waals surface area contributed by atoms with Crippen molar-refractivity contribution in [2.24, 2.45) is 11.3 Å². The van der Waals surface area contributed by atoms with Crippen LogP contribution in [0.25, 0.3) is 0 Å². The van der Waals surface area contributed by atoms with Gasteiger partial charge in [-0.25, -0.2) is 0 Å². The number of benzene rings is 1. The van der Waals surface area contributed by atoms with Gasteiger partial charge in [-0.3, -0.25) is 4.79 Å². The van der Waals surface area contributed by atoms with E-state index in [1.165, 1.54) is 22.4 Å². The van der Waals surface area contributed by atoms with Crippen LogP contribution in [0, 0.1) is 11.3 Å². The number of nitrogens with zero attached hydrogens (tertiary/aromatic N) is 1. The number of carbonyl (C=O) groups excluding carboxylic acids is 1. The maximum absolute atomic E-state index is 12.1. The van der Waals surface area contributed by atoms with Gasteiger partial charge in [0.15, 0.2) is 0 Å². The Kier molecular flexibility index (Phi) is 4.71. The summed E-state index contributed by atoms with van der Waals surface area (Å²) in [5, 5.41) is 11.5. The van der Waals surface area contributed by atoms with Gasteiger partial charge in [0, 0.05) is 49.9 Å². The number of ether oxygens (including phenoxy) is 1. The van der Waals surface area contributed by atoms with Crippen LogP contribution in [0.4, 0.5) is 5.69 Å². The van der Waals surface area contributed by atoms with Crippen LogP contribution in [0.3, 0.4) is 0 Å². The second-order valence-electron chi connectivity index (χ2n) is 10.3. The van der Waals surface area contributed by atoms with E-state index < -0.39 is 5.60 Å². The molecular weight excluding hydrogens is 386 g/mol. The molecule has 1 aromatic carbocycles. The normalized spacial score (nSPS) is 36.7. The molecule has 5 rings (SSSR count). The zero-order chi connectivity index (χ0) is 22.0. The lowest BCUT2D eigenvalue weighted by molar-refractivity contribution is -0.119. The van der Waals surface area contributed by atoms with Crippen LogP contribution in [-0.4, -0.2) is 36.7 Å². The summed E-state index contributed by atoms with van der Waals surface area (Å²) in [6.45, 7) is 6.22. The molecule has 1 aromatic rings. The van der Waals surface area contributed by atoms with Crippen LogP contribution >= 0.6 is 0 Å². The average molecular weight is 420 g/mol. The van der Waals surface area contributed by atoms with Crippen molar-refractivity contribution in [2.75, 3.05) is 19.0 Å². The van der Waals surface area contributed by atoms with Crippen LogP contribution < -0.4 is 4.90 Å². The predicted molar refractivity (Wildman–Crippen MR) is 123 cm³/mol. The Morgan fingerprint density at radius 3 is 2.65 bits per heavy atom. The lowest BCUT2D eigenvalue weighted by atomic mass is 9.55. The molecule has 3 saturated carbocycles. The first-order chi connectivity index (χ1) is 14.8. The van der Waals surface area contributed by atoms with Crippen molar-refractivity contribution in [2.45, 2.75) is 63.1 Å². The Morgan fingerprint density at radius 2 is 1.97 bits per heavy atom. The summed E-state index contributed by atoms with van der Waals surface area (Å²) in [5.74, 6) is 0.705. The van der Waals surface area contributed by atoms with Crippen molar-refractivity contribution in [3.05, 3.63) is 65.5 Å². The second kappa shape index (κ2) is 7.09. The van der Waals surface area contributed by atoms with Gasteiger partial charge in [-0.15, -0.1) is 6.58 Å². The lowest BCUT2D eigenvalue weighted by Gasteiger charge is -2.53. The molecule has 1 N–H and O–H groups in total. The van der Waals surface area contributed by atoms with Crippen LogP contribution in [0.15, 0.2) is 59.9 Å². The highest BCUT2D eigenvalue weighted by Gasteiger charge is 2.62. The molecule has 0 amide bonds. The molecule has 1 heterocycles. The van der Waals surface area contributed by atoms with Gasteiger partial charge >= 0.3 is 0 Å². The topological polar surface area (TPSA) is 49.8 Å². The summed E-state index contributed by atoms with van der Waals surface area (Å²) >= 11 is 0. The summed E-state index contributed by atoms with van der Waals surface area (Å²) in [6.07, 6.45) is 7.99. The van der Waals surface area contributed by atoms with Crippen LogP contribution in [-0.2, 0) is 9.53 Å². The summed E-state index contributed by atoms with van der Waals surface area (Å²) in [5.41, 5.74) is 5.02. The smallest absolute Gasteiger partial charge is 0.137 e. The van der Waals surface area contributed by atoms with Gasteiger partial charge in [0.05, 0.1) is 11.9 Å². The first-order valence-corrected chi connectivity index (χ1v) is 11.5. The van der Waals surface area contributed by atoms with Crippen molar-refractivity contribution < 1.29 is 14.6 Å². The number of allylic oxidation sites excluding steroid dienone is 2. The molecule has 0 spiro atoms. The van der Waals surface area contributed by atoms with Gasteiger partial charge in [0.2, 0.25) is 0 Å². The molecule has 4 aliphatic rings. The van der Waals surface area contributed by atoms with Gasteiger partial charge in [-0.1, -0.05) is 25.1 Å². The zero-order valence-electron chi connectivity index (χ0n) is 18.9. The Morgan fingerprint density at radius 1 is 1.23 bits per heavy atom. The van der Waals surface area contributed by atoms with Gasteiger partial charge < -0.3 is 14.7 Å². The van der Waals surface area contributed by atoms with E-state index >= 15 is 0 Å². The van der Waals surface area contributed by atoms with Gasteiger partial charge in [0.25, 0.3) is 0 Å². The molecular formula is C27H33NO3. The quantitative estimate of drug-likeness (QED) is 0.708. The third kappa shape index (κ3) is 2.95. The minimum Gasteiger partial charge on any atom is -0.493 e. The number of carbonyl (C=O) groups is 1. The number of aliphatic hydroxyl groups is 1. The minimum absolute atomic E-state index is 0.0433. The van der Waals surface area contributed by atoms with Crippen molar-refractivity contribution in [3.63, 3.8) is 0 Å². The number of ketones is 1. The Bertz CT molecular complexity index is 988. The molecule has 0 radical (unpaired) electrons. The van der Waals surface area contributed by atoms with E-state index in [-0.39, 0.29) is 23.4 Å². The highest BCUT2D eigenvalue weighted by atomic mass is 16.5. The predicted octanol–water partition coefficient (Wildman–Crippen LogP) is 4.91. The third-order valence-corrected chi connectivity index (χ3v) is 8.60. The van der Waals surface area contributed by atoms with Crippen LogP contribution in [0.1, 0.15) is 56.9 Å². The number of rotatable bonds is 3. The second-order valence-corrected chi connectivity index (χ2v) is 10.3. The van der Waals surface area contributed by atoms with E-state index in [2.05, 4.69) is 56.8 Å². The molecule has 1 aliphatic heterocycles. The molecule has 3 fully saturated rings. The fourth-order valence-electron chi connectivity index (χ4n) is 6.68.